The van der Waals surface area contributed by atoms with E-state index in [0.717, 1.165) is 13.0 Å². The summed E-state index contributed by atoms with van der Waals surface area (Å²) in [7, 11) is 1.83. The minimum absolute atomic E-state index is 0.123. The maximum Gasteiger partial charge on any atom is 0.106 e. The van der Waals surface area contributed by atoms with Crippen LogP contribution in [-0.4, -0.2) is 25.3 Å². The predicted molar refractivity (Wildman–Crippen MR) is 76.4 cm³/mol. The summed E-state index contributed by atoms with van der Waals surface area (Å²) >= 11 is 0. The summed E-state index contributed by atoms with van der Waals surface area (Å²) in [6.45, 7) is 9.24. The van der Waals surface area contributed by atoms with E-state index in [-0.39, 0.29) is 6.10 Å². The molecule has 18 heavy (non-hydrogen) atoms. The van der Waals surface area contributed by atoms with Gasteiger partial charge in [0, 0.05) is 13.0 Å². The van der Waals surface area contributed by atoms with Gasteiger partial charge in [-0.15, -0.1) is 0 Å². The number of nitrogens with one attached hydrogen (secondary N) is 1. The maximum atomic E-state index is 9.11. The molecule has 3 heteroatoms. The summed E-state index contributed by atoms with van der Waals surface area (Å²) in [4.78, 5) is 0. The van der Waals surface area contributed by atoms with Crippen LogP contribution in [0.2, 0.25) is 0 Å². The molecule has 0 heterocycles. The lowest BCUT2D eigenvalue weighted by Gasteiger charge is -2.26. The first-order valence-electron chi connectivity index (χ1n) is 7.23. The van der Waals surface area contributed by atoms with Gasteiger partial charge in [-0.25, -0.2) is 0 Å². The molecular weight excluding hydrogens is 224 g/mol. The molecule has 0 saturated carbocycles. The van der Waals surface area contributed by atoms with Gasteiger partial charge in [-0.1, -0.05) is 33.1 Å². The fourth-order valence-electron chi connectivity index (χ4n) is 2.04. The molecule has 0 amide bonds. The fourth-order valence-corrected chi connectivity index (χ4v) is 2.04. The van der Waals surface area contributed by atoms with E-state index in [1.807, 2.05) is 14.0 Å². The average molecular weight is 254 g/mol. The smallest absolute Gasteiger partial charge is 0.106 e. The van der Waals surface area contributed by atoms with Crippen molar-refractivity contribution in [2.45, 2.75) is 71.4 Å². The van der Waals surface area contributed by atoms with E-state index in [2.05, 4.69) is 32.2 Å². The molecule has 106 valence electrons. The van der Waals surface area contributed by atoms with E-state index in [1.54, 1.807) is 0 Å². The zero-order valence-electron chi connectivity index (χ0n) is 12.8. The Labute approximate surface area is 113 Å². The third-order valence-electron chi connectivity index (χ3n) is 3.65. The molecule has 0 bridgehead atoms. The van der Waals surface area contributed by atoms with Gasteiger partial charge in [0.2, 0.25) is 0 Å². The quantitative estimate of drug-likeness (QED) is 0.649. The number of nitrogens with zero attached hydrogens (tertiary/aromatic N) is 1. The Morgan fingerprint density at radius 2 is 2.06 bits per heavy atom. The first-order valence-corrected chi connectivity index (χ1v) is 7.23. The number of unbranched alkanes of at least 4 members (excludes halogenated alkanes) is 1. The number of hydrogen-bond acceptors (Lipinski definition) is 3. The van der Waals surface area contributed by atoms with Crippen LogP contribution in [0, 0.1) is 17.2 Å². The van der Waals surface area contributed by atoms with Crippen LogP contribution >= 0.6 is 0 Å². The Morgan fingerprint density at radius 1 is 1.39 bits per heavy atom. The van der Waals surface area contributed by atoms with E-state index in [0.29, 0.717) is 5.92 Å². The second kappa shape index (κ2) is 9.35. The van der Waals surface area contributed by atoms with E-state index >= 15 is 0 Å². The molecule has 0 aromatic heterocycles. The van der Waals surface area contributed by atoms with Gasteiger partial charge >= 0.3 is 0 Å². The highest BCUT2D eigenvalue weighted by Crippen LogP contribution is 2.17. The van der Waals surface area contributed by atoms with Gasteiger partial charge in [0.25, 0.3) is 0 Å². The van der Waals surface area contributed by atoms with Crippen molar-refractivity contribution in [3.05, 3.63) is 0 Å². The summed E-state index contributed by atoms with van der Waals surface area (Å²) in [5.41, 5.74) is -0.482. The summed E-state index contributed by atoms with van der Waals surface area (Å²) in [6, 6.07) is 2.30. The van der Waals surface area contributed by atoms with Crippen molar-refractivity contribution in [1.29, 1.82) is 5.26 Å². The largest absolute Gasteiger partial charge is 0.378 e. The molecule has 0 saturated heterocycles. The molecule has 3 nitrogen and oxygen atoms in total. The second-order valence-corrected chi connectivity index (χ2v) is 5.46. The first-order chi connectivity index (χ1) is 8.51. The SMILES string of the molecule is CCCCC(CC)COC(C)CC(C)(C#N)NC. The highest BCUT2D eigenvalue weighted by atomic mass is 16.5. The van der Waals surface area contributed by atoms with Crippen molar-refractivity contribution in [2.75, 3.05) is 13.7 Å². The van der Waals surface area contributed by atoms with Crippen LogP contribution in [0.4, 0.5) is 0 Å². The van der Waals surface area contributed by atoms with Crippen LogP contribution in [0.1, 0.15) is 59.8 Å². The van der Waals surface area contributed by atoms with Gasteiger partial charge in [0.05, 0.1) is 12.2 Å². The lowest BCUT2D eigenvalue weighted by atomic mass is 9.96. The van der Waals surface area contributed by atoms with Crippen LogP contribution < -0.4 is 5.32 Å². The molecule has 0 aromatic carbocycles. The van der Waals surface area contributed by atoms with Crippen molar-refractivity contribution in [1.82, 2.24) is 5.32 Å². The van der Waals surface area contributed by atoms with E-state index < -0.39 is 5.54 Å². The van der Waals surface area contributed by atoms with Gasteiger partial charge < -0.3 is 10.1 Å². The van der Waals surface area contributed by atoms with Crippen molar-refractivity contribution in [2.24, 2.45) is 5.92 Å². The molecule has 1 N–H and O–H groups in total. The third-order valence-corrected chi connectivity index (χ3v) is 3.65. The van der Waals surface area contributed by atoms with E-state index in [4.69, 9.17) is 10.00 Å². The van der Waals surface area contributed by atoms with Crippen molar-refractivity contribution in [3.63, 3.8) is 0 Å². The molecule has 0 spiro atoms. The molecule has 3 unspecified atom stereocenters. The first kappa shape index (κ1) is 17.4. The number of nitriles is 1. The normalized spacial score (nSPS) is 17.8. The fraction of sp³-hybridized carbons (Fsp3) is 0.933. The number of hydrogen-bond donors (Lipinski definition) is 1. The van der Waals surface area contributed by atoms with Crippen molar-refractivity contribution >= 4 is 0 Å². The summed E-state index contributed by atoms with van der Waals surface area (Å²) < 4.78 is 5.90. The molecule has 3 atom stereocenters. The number of ether oxygens (including phenoxy) is 1. The standard InChI is InChI=1S/C15H30N2O/c1-6-8-9-14(7-2)11-18-13(3)10-15(4,12-16)17-5/h13-14,17H,6-11H2,1-5H3. The minimum atomic E-state index is -0.482. The van der Waals surface area contributed by atoms with Gasteiger partial charge in [-0.2, -0.15) is 5.26 Å². The Balaban J connectivity index is 4.01. The monoisotopic (exact) mass is 254 g/mol. The van der Waals surface area contributed by atoms with Gasteiger partial charge in [0.15, 0.2) is 0 Å². The van der Waals surface area contributed by atoms with Gasteiger partial charge in [-0.3, -0.25) is 0 Å². The molecule has 0 radical (unpaired) electrons. The van der Waals surface area contributed by atoms with Crippen LogP contribution in [-0.2, 0) is 4.74 Å². The van der Waals surface area contributed by atoms with Gasteiger partial charge in [-0.05, 0) is 33.2 Å². The van der Waals surface area contributed by atoms with E-state index in [1.165, 1.54) is 25.7 Å². The number of rotatable bonds is 10. The molecular formula is C15H30N2O. The zero-order valence-corrected chi connectivity index (χ0v) is 12.8. The highest BCUT2D eigenvalue weighted by molar-refractivity contribution is 5.03. The summed E-state index contributed by atoms with van der Waals surface area (Å²) in [5.74, 6) is 0.662. The molecule has 0 aliphatic carbocycles. The molecule has 0 aromatic rings. The van der Waals surface area contributed by atoms with Crippen LogP contribution in [0.5, 0.6) is 0 Å². The van der Waals surface area contributed by atoms with Crippen LogP contribution in [0.15, 0.2) is 0 Å². The maximum absolute atomic E-state index is 9.11. The lowest BCUT2D eigenvalue weighted by molar-refractivity contribution is 0.0226. The Hall–Kier alpha value is -0.590. The molecule has 0 rings (SSSR count). The van der Waals surface area contributed by atoms with Crippen molar-refractivity contribution in [3.8, 4) is 6.07 Å². The Morgan fingerprint density at radius 3 is 2.50 bits per heavy atom. The Kier molecular flexibility index (Phi) is 9.05. The predicted octanol–water partition coefficient (Wildman–Crippen LogP) is 3.50. The van der Waals surface area contributed by atoms with Crippen LogP contribution in [0.3, 0.4) is 0 Å². The summed E-state index contributed by atoms with van der Waals surface area (Å²) in [5, 5.41) is 12.2. The topological polar surface area (TPSA) is 45.0 Å². The Bertz CT molecular complexity index is 249. The third kappa shape index (κ3) is 6.98. The summed E-state index contributed by atoms with van der Waals surface area (Å²) in [6.07, 6.45) is 5.80. The van der Waals surface area contributed by atoms with Gasteiger partial charge in [0.1, 0.15) is 5.54 Å². The molecule has 0 fully saturated rings. The minimum Gasteiger partial charge on any atom is -0.378 e. The van der Waals surface area contributed by atoms with Crippen molar-refractivity contribution < 1.29 is 4.74 Å². The second-order valence-electron chi connectivity index (χ2n) is 5.46. The lowest BCUT2D eigenvalue weighted by Crippen LogP contribution is -2.41. The van der Waals surface area contributed by atoms with E-state index in [9.17, 15) is 0 Å². The highest BCUT2D eigenvalue weighted by Gasteiger charge is 2.24. The molecule has 0 aliphatic heterocycles. The molecule has 0 aliphatic rings. The zero-order chi connectivity index (χ0) is 14.0. The average Bonchev–Trinajstić information content (AvgIpc) is 2.38. The van der Waals surface area contributed by atoms with Crippen LogP contribution in [0.25, 0.3) is 0 Å².